The van der Waals surface area contributed by atoms with Crippen LogP contribution in [0.1, 0.15) is 22.3 Å². The van der Waals surface area contributed by atoms with E-state index >= 15 is 0 Å². The summed E-state index contributed by atoms with van der Waals surface area (Å²) in [5.41, 5.74) is 16.2. The third-order valence-electron chi connectivity index (χ3n) is 12.2. The zero-order valence-corrected chi connectivity index (χ0v) is 34.3. The van der Waals surface area contributed by atoms with Gasteiger partial charge >= 0.3 is 0 Å². The van der Waals surface area contributed by atoms with E-state index in [-0.39, 0.29) is 0 Å². The van der Waals surface area contributed by atoms with E-state index in [1.165, 1.54) is 38.3 Å². The molecule has 290 valence electrons. The molecular formula is C57H36N4S. The maximum Gasteiger partial charge on any atom is 0.165 e. The maximum absolute atomic E-state index is 5.32. The Labute approximate surface area is 364 Å². The van der Waals surface area contributed by atoms with Gasteiger partial charge in [-0.1, -0.05) is 218 Å². The molecule has 0 unspecified atom stereocenters. The highest BCUT2D eigenvalue weighted by Crippen LogP contribution is 2.63. The molecule has 5 heteroatoms. The summed E-state index contributed by atoms with van der Waals surface area (Å²) in [5, 5.41) is 0. The third-order valence-corrected chi connectivity index (χ3v) is 13.5. The Morgan fingerprint density at radius 3 is 1.44 bits per heavy atom. The molecule has 8 aromatic carbocycles. The summed E-state index contributed by atoms with van der Waals surface area (Å²) in [6, 6.07) is 77.2. The normalized spacial score (nSPS) is 12.9. The van der Waals surface area contributed by atoms with Gasteiger partial charge in [-0.05, 0) is 51.1 Å². The summed E-state index contributed by atoms with van der Waals surface area (Å²) in [6.45, 7) is 0. The molecule has 1 spiro atoms. The zero-order chi connectivity index (χ0) is 41.0. The molecule has 10 aromatic rings. The van der Waals surface area contributed by atoms with Crippen LogP contribution in [0.15, 0.2) is 228 Å². The van der Waals surface area contributed by atoms with Gasteiger partial charge in [0.15, 0.2) is 17.5 Å². The molecule has 0 N–H and O–H groups in total. The topological polar surface area (TPSA) is 51.6 Å². The van der Waals surface area contributed by atoms with E-state index in [9.17, 15) is 0 Å². The molecular weight excluding hydrogens is 773 g/mol. The van der Waals surface area contributed by atoms with Crippen LogP contribution in [0.25, 0.3) is 78.9 Å². The monoisotopic (exact) mass is 808 g/mol. The van der Waals surface area contributed by atoms with Crippen LogP contribution in [0.3, 0.4) is 0 Å². The van der Waals surface area contributed by atoms with Gasteiger partial charge in [0.25, 0.3) is 0 Å². The summed E-state index contributed by atoms with van der Waals surface area (Å²) in [5.74, 6) is 1.88. The van der Waals surface area contributed by atoms with Crippen LogP contribution >= 0.6 is 11.8 Å². The van der Waals surface area contributed by atoms with E-state index in [2.05, 4.69) is 188 Å². The van der Waals surface area contributed by atoms with Crippen molar-refractivity contribution in [1.29, 1.82) is 0 Å². The number of fused-ring (bicyclic) bond motifs is 9. The summed E-state index contributed by atoms with van der Waals surface area (Å²) >= 11 is 1.81. The minimum Gasteiger partial charge on any atom is -0.247 e. The quantitative estimate of drug-likeness (QED) is 0.167. The van der Waals surface area contributed by atoms with Gasteiger partial charge in [-0.2, -0.15) is 0 Å². The Hall–Kier alpha value is -7.73. The highest BCUT2D eigenvalue weighted by atomic mass is 32.2. The average molecular weight is 809 g/mol. The fraction of sp³-hybridized carbons (Fsp3) is 0.0175. The molecule has 0 bridgehead atoms. The molecule has 2 aliphatic rings. The van der Waals surface area contributed by atoms with Crippen LogP contribution in [0.4, 0.5) is 0 Å². The first-order valence-electron chi connectivity index (χ1n) is 20.9. The van der Waals surface area contributed by atoms with Crippen LogP contribution < -0.4 is 0 Å². The molecule has 2 aromatic heterocycles. The van der Waals surface area contributed by atoms with Crippen molar-refractivity contribution in [2.45, 2.75) is 15.2 Å². The lowest BCUT2D eigenvalue weighted by atomic mass is 9.67. The highest BCUT2D eigenvalue weighted by Gasteiger charge is 2.50. The van der Waals surface area contributed by atoms with Crippen LogP contribution in [0, 0.1) is 0 Å². The molecule has 0 saturated heterocycles. The number of aromatic nitrogens is 4. The predicted molar refractivity (Wildman–Crippen MR) is 252 cm³/mol. The van der Waals surface area contributed by atoms with Gasteiger partial charge in [0, 0.05) is 43.2 Å². The van der Waals surface area contributed by atoms with Crippen molar-refractivity contribution in [2.75, 3.05) is 0 Å². The highest BCUT2D eigenvalue weighted by molar-refractivity contribution is 7.99. The van der Waals surface area contributed by atoms with Gasteiger partial charge in [0.1, 0.15) is 0 Å². The van der Waals surface area contributed by atoms with Crippen LogP contribution in [-0.4, -0.2) is 19.9 Å². The first-order chi connectivity index (χ1) is 30.7. The molecule has 0 radical (unpaired) electrons. The number of nitrogens with zero attached hydrogens (tertiary/aromatic N) is 4. The summed E-state index contributed by atoms with van der Waals surface area (Å²) in [4.78, 5) is 23.4. The van der Waals surface area contributed by atoms with Crippen molar-refractivity contribution in [3.8, 4) is 78.9 Å². The summed E-state index contributed by atoms with van der Waals surface area (Å²) < 4.78 is 0. The molecule has 12 rings (SSSR count). The molecule has 62 heavy (non-hydrogen) atoms. The molecule has 0 atom stereocenters. The van der Waals surface area contributed by atoms with E-state index < -0.39 is 5.41 Å². The molecule has 1 aliphatic carbocycles. The van der Waals surface area contributed by atoms with Crippen molar-refractivity contribution < 1.29 is 0 Å². The Morgan fingerprint density at radius 2 is 0.774 bits per heavy atom. The number of rotatable bonds is 6. The predicted octanol–water partition coefficient (Wildman–Crippen LogP) is 14.1. The second-order valence-electron chi connectivity index (χ2n) is 15.7. The fourth-order valence-corrected chi connectivity index (χ4v) is 10.8. The van der Waals surface area contributed by atoms with Crippen molar-refractivity contribution in [3.63, 3.8) is 0 Å². The summed E-state index contributed by atoms with van der Waals surface area (Å²) in [6.07, 6.45) is 0. The Balaban J connectivity index is 1.00. The van der Waals surface area contributed by atoms with Crippen molar-refractivity contribution >= 4 is 11.8 Å². The molecule has 0 amide bonds. The number of pyridine rings is 1. The van der Waals surface area contributed by atoms with Gasteiger partial charge in [-0.3, -0.25) is 0 Å². The van der Waals surface area contributed by atoms with Crippen LogP contribution in [0.2, 0.25) is 0 Å². The van der Waals surface area contributed by atoms with Gasteiger partial charge in [0.2, 0.25) is 0 Å². The third kappa shape index (κ3) is 5.77. The minimum atomic E-state index is -0.498. The van der Waals surface area contributed by atoms with E-state index in [0.29, 0.717) is 17.5 Å². The molecule has 1 aliphatic heterocycles. The lowest BCUT2D eigenvalue weighted by Gasteiger charge is -2.40. The molecule has 0 fully saturated rings. The SMILES string of the molecule is c1ccc(-c2nc(-c3ccc(-c4ccc(-c5ccccc5)c(-c5ccccc5)n4)cc3)nc(-c3cccc4c3Sc3ccccc3C43c4ccccc4-c4ccccc43)n2)cc1. The Bertz CT molecular complexity index is 3270. The van der Waals surface area contributed by atoms with Crippen molar-refractivity contribution in [1.82, 2.24) is 19.9 Å². The first-order valence-corrected chi connectivity index (χ1v) is 21.7. The van der Waals surface area contributed by atoms with Crippen LogP contribution in [0.5, 0.6) is 0 Å². The maximum atomic E-state index is 5.32. The lowest BCUT2D eigenvalue weighted by molar-refractivity contribution is 0.722. The first kappa shape index (κ1) is 36.1. The van der Waals surface area contributed by atoms with Gasteiger partial charge < -0.3 is 0 Å². The standard InChI is InChI=1S/C57H36N4S/c1-4-17-37(18-5-1)42-35-36-50(58-52(42)39-19-6-2-7-20-39)38-31-33-41(34-32-38)55-59-54(40-21-8-3-9-22-40)60-56(61-55)45-25-16-29-49-53(45)62-51-30-15-14-28-48(51)57(49)46-26-12-10-23-43(46)44-24-11-13-27-47(44)57/h1-36H. The van der Waals surface area contributed by atoms with Crippen molar-refractivity contribution in [2.24, 2.45) is 0 Å². The second-order valence-corrected chi connectivity index (χ2v) is 16.7. The molecule has 3 heterocycles. The molecule has 4 nitrogen and oxygen atoms in total. The minimum absolute atomic E-state index is 0.498. The fourth-order valence-electron chi connectivity index (χ4n) is 9.47. The van der Waals surface area contributed by atoms with E-state index in [1.54, 1.807) is 0 Å². The van der Waals surface area contributed by atoms with E-state index in [4.69, 9.17) is 19.9 Å². The van der Waals surface area contributed by atoms with Gasteiger partial charge in [-0.15, -0.1) is 0 Å². The van der Waals surface area contributed by atoms with Crippen molar-refractivity contribution in [3.05, 3.63) is 241 Å². The van der Waals surface area contributed by atoms with Crippen LogP contribution in [-0.2, 0) is 5.41 Å². The largest absolute Gasteiger partial charge is 0.247 e. The Morgan fingerprint density at radius 1 is 0.290 bits per heavy atom. The molecule has 0 saturated carbocycles. The number of hydrogen-bond donors (Lipinski definition) is 0. The van der Waals surface area contributed by atoms with E-state index in [1.807, 2.05) is 42.1 Å². The number of hydrogen-bond acceptors (Lipinski definition) is 5. The summed E-state index contributed by atoms with van der Waals surface area (Å²) in [7, 11) is 0. The number of benzene rings is 8. The zero-order valence-electron chi connectivity index (χ0n) is 33.5. The lowest BCUT2D eigenvalue weighted by Crippen LogP contribution is -2.32. The van der Waals surface area contributed by atoms with E-state index in [0.717, 1.165) is 55.2 Å². The smallest absolute Gasteiger partial charge is 0.165 e. The Kier molecular flexibility index (Phi) is 8.61. The second kappa shape index (κ2) is 14.8. The van der Waals surface area contributed by atoms with Gasteiger partial charge in [-0.25, -0.2) is 19.9 Å². The average Bonchev–Trinajstić information content (AvgIpc) is 3.65. The van der Waals surface area contributed by atoms with Gasteiger partial charge in [0.05, 0.1) is 16.8 Å².